The molecular weight excluding hydrogens is 287 g/mol. The van der Waals surface area contributed by atoms with Crippen LogP contribution < -0.4 is 14.8 Å². The average Bonchev–Trinajstić information content (AvgIpc) is 2.46. The molecule has 1 aromatic carbocycles. The van der Waals surface area contributed by atoms with Crippen molar-refractivity contribution in [1.29, 1.82) is 0 Å². The molecule has 0 saturated heterocycles. The van der Waals surface area contributed by atoms with Crippen LogP contribution in [0.25, 0.3) is 0 Å². The molecule has 0 fully saturated rings. The summed E-state index contributed by atoms with van der Waals surface area (Å²) in [6.07, 6.45) is -5.13. The fraction of sp³-hybridized carbons (Fsp3) is 0.571. The maximum absolute atomic E-state index is 12.0. The molecule has 0 radical (unpaired) electrons. The Morgan fingerprint density at radius 2 is 1.95 bits per heavy atom. The molecule has 0 aliphatic carbocycles. The zero-order valence-corrected chi connectivity index (χ0v) is 11.7. The van der Waals surface area contributed by atoms with Crippen molar-refractivity contribution in [3.8, 4) is 11.5 Å². The monoisotopic (exact) mass is 305 g/mol. The number of fused-ring (bicyclic) bond motifs is 1. The van der Waals surface area contributed by atoms with Crippen LogP contribution in [-0.4, -0.2) is 39.7 Å². The molecule has 1 aliphatic rings. The van der Waals surface area contributed by atoms with E-state index in [1.807, 2.05) is 12.1 Å². The minimum Gasteiger partial charge on any atom is -0.486 e. The topological polar surface area (TPSA) is 39.7 Å². The van der Waals surface area contributed by atoms with Crippen molar-refractivity contribution in [3.63, 3.8) is 0 Å². The van der Waals surface area contributed by atoms with Crippen molar-refractivity contribution in [2.45, 2.75) is 18.6 Å². The number of alkyl halides is 3. The van der Waals surface area contributed by atoms with Crippen LogP contribution in [0.4, 0.5) is 13.2 Å². The second kappa shape index (κ2) is 7.00. The molecule has 21 heavy (non-hydrogen) atoms. The van der Waals surface area contributed by atoms with E-state index in [0.717, 1.165) is 5.56 Å². The van der Waals surface area contributed by atoms with Gasteiger partial charge < -0.3 is 19.5 Å². The first-order valence-corrected chi connectivity index (χ1v) is 6.71. The van der Waals surface area contributed by atoms with Crippen LogP contribution in [-0.2, 0) is 4.74 Å². The van der Waals surface area contributed by atoms with E-state index in [1.165, 1.54) is 0 Å². The summed E-state index contributed by atoms with van der Waals surface area (Å²) in [7, 11) is 1.73. The van der Waals surface area contributed by atoms with Crippen LogP contribution in [0, 0.1) is 0 Å². The average molecular weight is 305 g/mol. The fourth-order valence-electron chi connectivity index (χ4n) is 2.01. The van der Waals surface area contributed by atoms with Gasteiger partial charge in [-0.1, -0.05) is 6.07 Å². The summed E-state index contributed by atoms with van der Waals surface area (Å²) >= 11 is 0. The Hall–Kier alpha value is -1.47. The molecule has 7 heteroatoms. The molecule has 4 nitrogen and oxygen atoms in total. The highest BCUT2D eigenvalue weighted by atomic mass is 19.4. The number of benzene rings is 1. The largest absolute Gasteiger partial charge is 0.486 e. The molecule has 1 atom stereocenters. The van der Waals surface area contributed by atoms with Gasteiger partial charge in [0.25, 0.3) is 0 Å². The van der Waals surface area contributed by atoms with E-state index in [-0.39, 0.29) is 19.3 Å². The highest BCUT2D eigenvalue weighted by Gasteiger charge is 2.26. The summed E-state index contributed by atoms with van der Waals surface area (Å²) in [4.78, 5) is 0. The lowest BCUT2D eigenvalue weighted by Crippen LogP contribution is -2.23. The number of likely N-dealkylation sites (N-methyl/N-ethyl adjacent to an activating group) is 1. The van der Waals surface area contributed by atoms with Gasteiger partial charge in [0, 0.05) is 0 Å². The Morgan fingerprint density at radius 1 is 1.24 bits per heavy atom. The minimum atomic E-state index is -4.19. The molecule has 118 valence electrons. The number of ether oxygens (including phenoxy) is 3. The first-order chi connectivity index (χ1) is 9.99. The standard InChI is InChI=1S/C14H18F3NO3/c1-18-11(9-19-5-4-14(15,16)17)10-2-3-12-13(8-10)21-7-6-20-12/h2-3,8,11,18H,4-7,9H2,1H3. The van der Waals surface area contributed by atoms with Crippen LogP contribution in [0.2, 0.25) is 0 Å². The Morgan fingerprint density at radius 3 is 2.62 bits per heavy atom. The smallest absolute Gasteiger partial charge is 0.391 e. The lowest BCUT2D eigenvalue weighted by molar-refractivity contribution is -0.145. The minimum absolute atomic E-state index is 0.159. The van der Waals surface area contributed by atoms with Crippen LogP contribution in [0.1, 0.15) is 18.0 Å². The Bertz CT molecular complexity index is 465. The SMILES string of the molecule is CNC(COCCC(F)(F)F)c1ccc2c(c1)OCCO2. The quantitative estimate of drug-likeness (QED) is 0.820. The zero-order valence-electron chi connectivity index (χ0n) is 11.7. The lowest BCUT2D eigenvalue weighted by atomic mass is 10.1. The predicted molar refractivity (Wildman–Crippen MR) is 70.7 cm³/mol. The van der Waals surface area contributed by atoms with Gasteiger partial charge in [-0.2, -0.15) is 13.2 Å². The van der Waals surface area contributed by atoms with Crippen LogP contribution in [0.15, 0.2) is 18.2 Å². The molecule has 2 rings (SSSR count). The van der Waals surface area contributed by atoms with E-state index in [0.29, 0.717) is 24.7 Å². The molecule has 0 bridgehead atoms. The molecule has 0 saturated carbocycles. The van der Waals surface area contributed by atoms with Gasteiger partial charge in [-0.3, -0.25) is 0 Å². The third-order valence-corrected chi connectivity index (χ3v) is 3.13. The van der Waals surface area contributed by atoms with Gasteiger partial charge in [0.15, 0.2) is 11.5 Å². The highest BCUT2D eigenvalue weighted by Crippen LogP contribution is 2.32. The Balaban J connectivity index is 1.91. The van der Waals surface area contributed by atoms with Crippen molar-refractivity contribution in [2.24, 2.45) is 0 Å². The van der Waals surface area contributed by atoms with Crippen LogP contribution in [0.5, 0.6) is 11.5 Å². The molecule has 1 heterocycles. The zero-order chi connectivity index (χ0) is 15.3. The van der Waals surface area contributed by atoms with E-state index in [2.05, 4.69) is 5.32 Å². The van der Waals surface area contributed by atoms with E-state index in [9.17, 15) is 13.2 Å². The maximum Gasteiger partial charge on any atom is 0.391 e. The number of hydrogen-bond donors (Lipinski definition) is 1. The third kappa shape index (κ3) is 4.78. The van der Waals surface area contributed by atoms with E-state index >= 15 is 0 Å². The molecule has 1 N–H and O–H groups in total. The van der Waals surface area contributed by atoms with Crippen LogP contribution >= 0.6 is 0 Å². The summed E-state index contributed by atoms with van der Waals surface area (Å²) in [6.45, 7) is 0.823. The number of rotatable bonds is 6. The van der Waals surface area contributed by atoms with Crippen molar-refractivity contribution < 1.29 is 27.4 Å². The van der Waals surface area contributed by atoms with Gasteiger partial charge in [0.05, 0.1) is 25.7 Å². The summed E-state index contributed by atoms with van der Waals surface area (Å²) in [5.41, 5.74) is 0.883. The van der Waals surface area contributed by atoms with E-state index in [4.69, 9.17) is 14.2 Å². The Labute approximate surface area is 121 Å². The summed E-state index contributed by atoms with van der Waals surface area (Å²) in [5.74, 6) is 1.33. The van der Waals surface area contributed by atoms with E-state index < -0.39 is 12.6 Å². The lowest BCUT2D eigenvalue weighted by Gasteiger charge is -2.22. The molecule has 1 aromatic rings. The van der Waals surface area contributed by atoms with Gasteiger partial charge in [-0.05, 0) is 24.7 Å². The fourth-order valence-corrected chi connectivity index (χ4v) is 2.01. The first kappa shape index (κ1) is 15.9. The Kier molecular flexibility index (Phi) is 5.30. The third-order valence-electron chi connectivity index (χ3n) is 3.13. The predicted octanol–water partition coefficient (Wildman–Crippen LogP) is 2.69. The second-order valence-corrected chi connectivity index (χ2v) is 4.68. The molecule has 0 spiro atoms. The van der Waals surface area contributed by atoms with Gasteiger partial charge in [0.1, 0.15) is 13.2 Å². The number of hydrogen-bond acceptors (Lipinski definition) is 4. The molecular formula is C14H18F3NO3. The normalized spacial score (nSPS) is 15.8. The van der Waals surface area contributed by atoms with Gasteiger partial charge >= 0.3 is 6.18 Å². The number of halogens is 3. The van der Waals surface area contributed by atoms with Gasteiger partial charge in [-0.25, -0.2) is 0 Å². The summed E-state index contributed by atoms with van der Waals surface area (Å²) in [6, 6.07) is 5.27. The number of nitrogens with one attached hydrogen (secondary N) is 1. The molecule has 0 amide bonds. The summed E-state index contributed by atoms with van der Waals surface area (Å²) in [5, 5.41) is 3.02. The second-order valence-electron chi connectivity index (χ2n) is 4.68. The summed E-state index contributed by atoms with van der Waals surface area (Å²) < 4.78 is 52.2. The maximum atomic E-state index is 12.0. The van der Waals surface area contributed by atoms with Crippen molar-refractivity contribution in [3.05, 3.63) is 23.8 Å². The van der Waals surface area contributed by atoms with Gasteiger partial charge in [0.2, 0.25) is 0 Å². The first-order valence-electron chi connectivity index (χ1n) is 6.71. The van der Waals surface area contributed by atoms with Crippen molar-refractivity contribution in [2.75, 3.05) is 33.5 Å². The highest BCUT2D eigenvalue weighted by molar-refractivity contribution is 5.44. The van der Waals surface area contributed by atoms with Crippen molar-refractivity contribution in [1.82, 2.24) is 5.32 Å². The van der Waals surface area contributed by atoms with Crippen molar-refractivity contribution >= 4 is 0 Å². The molecule has 1 unspecified atom stereocenters. The van der Waals surface area contributed by atoms with E-state index in [1.54, 1.807) is 13.1 Å². The molecule has 1 aliphatic heterocycles. The van der Waals surface area contributed by atoms with Crippen LogP contribution in [0.3, 0.4) is 0 Å². The molecule has 0 aromatic heterocycles. The van der Waals surface area contributed by atoms with Gasteiger partial charge in [-0.15, -0.1) is 0 Å².